The van der Waals surface area contributed by atoms with Crippen LogP contribution in [0.2, 0.25) is 0 Å². The van der Waals surface area contributed by atoms with Gasteiger partial charge in [-0.1, -0.05) is 11.2 Å². The number of guanidine groups is 1. The molecule has 1 aliphatic rings. The van der Waals surface area contributed by atoms with Gasteiger partial charge in [-0.25, -0.2) is 0 Å². The minimum atomic E-state index is 0. The molecule has 1 fully saturated rings. The third-order valence-corrected chi connectivity index (χ3v) is 5.95. The van der Waals surface area contributed by atoms with Crippen molar-refractivity contribution >= 4 is 41.3 Å². The number of thiophene rings is 1. The van der Waals surface area contributed by atoms with Crippen LogP contribution in [0.4, 0.5) is 0 Å². The number of nitrogens with one attached hydrogen (secondary N) is 2. The molecule has 0 spiro atoms. The van der Waals surface area contributed by atoms with Crippen LogP contribution in [0.15, 0.2) is 27.0 Å². The summed E-state index contributed by atoms with van der Waals surface area (Å²) in [6, 6.07) is 4.62. The Morgan fingerprint density at radius 3 is 2.72 bits per heavy atom. The number of halogens is 1. The summed E-state index contributed by atoms with van der Waals surface area (Å²) >= 11 is 1.80. The van der Waals surface area contributed by atoms with Crippen LogP contribution >= 0.6 is 35.3 Å². The van der Waals surface area contributed by atoms with Gasteiger partial charge in [-0.3, -0.25) is 9.89 Å². The highest BCUT2D eigenvalue weighted by Gasteiger charge is 2.23. The van der Waals surface area contributed by atoms with E-state index in [1.165, 1.54) is 10.4 Å². The Kier molecular flexibility index (Phi) is 10.4. The highest BCUT2D eigenvalue weighted by Crippen LogP contribution is 2.26. The quantitative estimate of drug-likeness (QED) is 0.309. The van der Waals surface area contributed by atoms with E-state index in [0.29, 0.717) is 6.04 Å². The van der Waals surface area contributed by atoms with Gasteiger partial charge in [-0.2, -0.15) is 0 Å². The fourth-order valence-electron chi connectivity index (χ4n) is 3.44. The van der Waals surface area contributed by atoms with Gasteiger partial charge in [0.2, 0.25) is 0 Å². The van der Waals surface area contributed by atoms with Crippen LogP contribution < -0.4 is 10.6 Å². The lowest BCUT2D eigenvalue weighted by molar-refractivity contribution is 0.0186. The maximum absolute atomic E-state index is 5.53. The molecule has 3 heterocycles. The molecule has 2 aromatic heterocycles. The van der Waals surface area contributed by atoms with Gasteiger partial charge >= 0.3 is 0 Å². The number of ether oxygens (including phenoxy) is 1. The molecular formula is C20H32IN5O2S. The normalized spacial score (nSPS) is 16.3. The van der Waals surface area contributed by atoms with Gasteiger partial charge in [0.05, 0.1) is 31.5 Å². The summed E-state index contributed by atoms with van der Waals surface area (Å²) in [6.07, 6.45) is 0.864. The maximum Gasteiger partial charge on any atom is 0.191 e. The molecule has 0 radical (unpaired) electrons. The van der Waals surface area contributed by atoms with E-state index in [9.17, 15) is 0 Å². The average molecular weight is 533 g/mol. The van der Waals surface area contributed by atoms with Crippen molar-refractivity contribution in [2.45, 2.75) is 33.2 Å². The zero-order chi connectivity index (χ0) is 19.8. The summed E-state index contributed by atoms with van der Waals surface area (Å²) in [5, 5.41) is 13.0. The third kappa shape index (κ3) is 6.94. The Morgan fingerprint density at radius 1 is 1.31 bits per heavy atom. The molecule has 0 aliphatic carbocycles. The van der Waals surface area contributed by atoms with E-state index in [-0.39, 0.29) is 24.0 Å². The lowest BCUT2D eigenvalue weighted by Gasteiger charge is -2.33. The first-order valence-electron chi connectivity index (χ1n) is 9.98. The van der Waals surface area contributed by atoms with Crippen molar-refractivity contribution in [2.24, 2.45) is 4.99 Å². The van der Waals surface area contributed by atoms with Crippen LogP contribution in [0.5, 0.6) is 0 Å². The second kappa shape index (κ2) is 12.5. The average Bonchev–Trinajstić information content (AvgIpc) is 3.34. The van der Waals surface area contributed by atoms with E-state index in [1.807, 2.05) is 13.8 Å². The van der Waals surface area contributed by atoms with Gasteiger partial charge < -0.3 is 19.9 Å². The zero-order valence-electron chi connectivity index (χ0n) is 17.4. The summed E-state index contributed by atoms with van der Waals surface area (Å²) in [4.78, 5) is 8.73. The van der Waals surface area contributed by atoms with E-state index in [2.05, 4.69) is 45.1 Å². The largest absolute Gasteiger partial charge is 0.379 e. The molecule has 162 valence electrons. The van der Waals surface area contributed by atoms with Crippen LogP contribution in [0.25, 0.3) is 0 Å². The number of aryl methyl sites for hydroxylation is 2. The van der Waals surface area contributed by atoms with Crippen LogP contribution in [0.3, 0.4) is 0 Å². The molecule has 1 unspecified atom stereocenters. The number of aromatic nitrogens is 1. The smallest absolute Gasteiger partial charge is 0.191 e. The molecule has 0 bridgehead atoms. The molecule has 29 heavy (non-hydrogen) atoms. The van der Waals surface area contributed by atoms with Crippen LogP contribution in [-0.4, -0.2) is 62.0 Å². The summed E-state index contributed by atoms with van der Waals surface area (Å²) in [5.41, 5.74) is 2.14. The number of hydrogen-bond acceptors (Lipinski definition) is 6. The van der Waals surface area contributed by atoms with Crippen LogP contribution in [-0.2, 0) is 11.2 Å². The van der Waals surface area contributed by atoms with Gasteiger partial charge in [-0.15, -0.1) is 35.3 Å². The first-order valence-corrected chi connectivity index (χ1v) is 10.9. The zero-order valence-corrected chi connectivity index (χ0v) is 20.6. The lowest BCUT2D eigenvalue weighted by atomic mass is 10.1. The topological polar surface area (TPSA) is 74.9 Å². The molecule has 0 amide bonds. The van der Waals surface area contributed by atoms with Crippen LogP contribution in [0, 0.1) is 13.8 Å². The molecule has 1 atom stereocenters. The van der Waals surface area contributed by atoms with Crippen LogP contribution in [0.1, 0.15) is 34.9 Å². The number of rotatable bonds is 8. The fourth-order valence-corrected chi connectivity index (χ4v) is 4.29. The van der Waals surface area contributed by atoms with Gasteiger partial charge in [0.1, 0.15) is 5.76 Å². The van der Waals surface area contributed by atoms with E-state index in [1.54, 1.807) is 11.3 Å². The summed E-state index contributed by atoms with van der Waals surface area (Å²) in [7, 11) is 0. The van der Waals surface area contributed by atoms with Gasteiger partial charge in [0.15, 0.2) is 5.96 Å². The number of aliphatic imine (C=N–C) groups is 1. The number of hydrogen-bond donors (Lipinski definition) is 2. The van der Waals surface area contributed by atoms with Gasteiger partial charge in [0, 0.05) is 36.6 Å². The van der Waals surface area contributed by atoms with Crippen molar-refractivity contribution in [1.82, 2.24) is 20.7 Å². The highest BCUT2D eigenvalue weighted by atomic mass is 127. The Labute approximate surface area is 194 Å². The van der Waals surface area contributed by atoms with Crippen molar-refractivity contribution in [3.63, 3.8) is 0 Å². The van der Waals surface area contributed by atoms with Crippen molar-refractivity contribution in [1.29, 1.82) is 0 Å². The van der Waals surface area contributed by atoms with E-state index in [0.717, 1.165) is 69.8 Å². The Bertz CT molecular complexity index is 725. The Balaban J connectivity index is 0.00000300. The Hall–Kier alpha value is -1.17. The molecule has 0 aromatic carbocycles. The van der Waals surface area contributed by atoms with Gasteiger partial charge in [-0.05, 0) is 38.6 Å². The summed E-state index contributed by atoms with van der Waals surface area (Å²) in [5.74, 6) is 1.75. The number of morpholine rings is 1. The maximum atomic E-state index is 5.53. The molecule has 1 saturated heterocycles. The molecule has 2 N–H and O–H groups in total. The first-order chi connectivity index (χ1) is 13.7. The van der Waals surface area contributed by atoms with Crippen molar-refractivity contribution in [3.8, 4) is 0 Å². The molecule has 2 aromatic rings. The Morgan fingerprint density at radius 2 is 2.10 bits per heavy atom. The molecule has 7 nitrogen and oxygen atoms in total. The molecule has 3 rings (SSSR count). The van der Waals surface area contributed by atoms with E-state index >= 15 is 0 Å². The summed E-state index contributed by atoms with van der Waals surface area (Å²) in [6.45, 7) is 11.9. The highest BCUT2D eigenvalue weighted by molar-refractivity contribution is 14.0. The first kappa shape index (κ1) is 24.1. The predicted octanol–water partition coefficient (Wildman–Crippen LogP) is 3.14. The van der Waals surface area contributed by atoms with E-state index < -0.39 is 0 Å². The van der Waals surface area contributed by atoms with Crippen molar-refractivity contribution in [3.05, 3.63) is 39.4 Å². The molecular weight excluding hydrogens is 501 g/mol. The monoisotopic (exact) mass is 533 g/mol. The molecule has 9 heteroatoms. The van der Waals surface area contributed by atoms with E-state index in [4.69, 9.17) is 14.3 Å². The second-order valence-electron chi connectivity index (χ2n) is 6.88. The third-order valence-electron chi connectivity index (χ3n) is 4.97. The second-order valence-corrected chi connectivity index (χ2v) is 7.86. The van der Waals surface area contributed by atoms with Crippen molar-refractivity contribution < 1.29 is 9.26 Å². The van der Waals surface area contributed by atoms with Gasteiger partial charge in [0.25, 0.3) is 0 Å². The minimum Gasteiger partial charge on any atom is -0.379 e. The molecule has 1 aliphatic heterocycles. The lowest BCUT2D eigenvalue weighted by Crippen LogP contribution is -2.42. The van der Waals surface area contributed by atoms with Crippen molar-refractivity contribution in [2.75, 3.05) is 45.9 Å². The number of nitrogens with zero attached hydrogens (tertiary/aromatic N) is 3. The molecule has 0 saturated carbocycles. The predicted molar refractivity (Wildman–Crippen MR) is 129 cm³/mol. The fraction of sp³-hybridized carbons (Fsp3) is 0.600. The summed E-state index contributed by atoms with van der Waals surface area (Å²) < 4.78 is 10.8. The SMILES string of the molecule is CCNC(=NCC(c1cccs1)N1CCOCC1)NCCc1c(C)noc1C.I. The standard InChI is InChI=1S/C20H31N5O2S.HI/c1-4-21-20(22-8-7-17-15(2)24-27-16(17)3)23-14-18(19-6-5-13-28-19)25-9-11-26-12-10-25;/h5-6,13,18H,4,7-12,14H2,1-3H3,(H2,21,22,23);1H. The minimum absolute atomic E-state index is 0.